The predicted octanol–water partition coefficient (Wildman–Crippen LogP) is 2.89. The van der Waals surface area contributed by atoms with Crippen molar-refractivity contribution in [2.45, 2.75) is 17.0 Å². The maximum absolute atomic E-state index is 13.2. The summed E-state index contributed by atoms with van der Waals surface area (Å²) in [7, 11) is -4.49. The molecule has 2 aliphatic rings. The van der Waals surface area contributed by atoms with Gasteiger partial charge in [-0.05, 0) is 36.4 Å². The van der Waals surface area contributed by atoms with Crippen molar-refractivity contribution in [3.63, 3.8) is 0 Å². The number of aromatic amines is 1. The van der Waals surface area contributed by atoms with E-state index in [0.717, 1.165) is 18.0 Å². The lowest BCUT2D eigenvalue weighted by molar-refractivity contribution is -0.384. The van der Waals surface area contributed by atoms with Crippen molar-refractivity contribution < 1.29 is 32.3 Å². The molecule has 4 aromatic rings. The van der Waals surface area contributed by atoms with Crippen LogP contribution in [0.15, 0.2) is 71.9 Å². The number of H-pyrrole nitrogens is 1. The fraction of sp³-hybridized carbons (Fsp3) is 0.286. The average molecular weight is 609 g/mol. The maximum atomic E-state index is 13.2. The zero-order valence-corrected chi connectivity index (χ0v) is 23.6. The van der Waals surface area contributed by atoms with Crippen molar-refractivity contribution in [2.75, 3.05) is 44.8 Å². The molecule has 14 nitrogen and oxygen atoms in total. The first-order valence-corrected chi connectivity index (χ1v) is 15.0. The Morgan fingerprint density at radius 3 is 2.81 bits per heavy atom. The fourth-order valence-electron chi connectivity index (χ4n) is 4.92. The van der Waals surface area contributed by atoms with Gasteiger partial charge in [0.25, 0.3) is 21.6 Å². The monoisotopic (exact) mass is 608 g/mol. The highest BCUT2D eigenvalue weighted by Crippen LogP contribution is 2.30. The molecule has 0 radical (unpaired) electrons. The average Bonchev–Trinajstić information content (AvgIpc) is 3.43. The molecule has 4 heterocycles. The number of rotatable bonds is 10. The second-order valence-corrected chi connectivity index (χ2v) is 11.8. The summed E-state index contributed by atoms with van der Waals surface area (Å²) in [5, 5.41) is 15.7. The summed E-state index contributed by atoms with van der Waals surface area (Å²) < 4.78 is 45.2. The standard InChI is InChI=1S/C28H28N6O8S/c35-28(23-3-1-2-4-26(23)42-20-11-18-7-8-29-27(18)31-13-20)32-43(38,39)22-5-6-24(25(12-22)34(36)37)30-14-21-15-33(9-10-41-21)19-16-40-17-19/h1-8,11-13,19,21,30H,9-10,14-17H2,(H,29,31)(H,32,35)/t21-/m0/s1. The summed E-state index contributed by atoms with van der Waals surface area (Å²) in [6.45, 7) is 3.62. The SMILES string of the molecule is O=C(NS(=O)(=O)c1ccc(NC[C@H]2CN(C3COC3)CCO2)c([N+](=O)[O-])c1)c1ccccc1Oc1cnc2[nH]ccc2c1. The van der Waals surface area contributed by atoms with E-state index >= 15 is 0 Å². The number of ether oxygens (including phenoxy) is 3. The third-order valence-corrected chi connectivity index (χ3v) is 8.59. The van der Waals surface area contributed by atoms with Gasteiger partial charge in [0.15, 0.2) is 0 Å². The van der Waals surface area contributed by atoms with Crippen LogP contribution in [-0.4, -0.2) is 85.7 Å². The third kappa shape index (κ3) is 6.29. The van der Waals surface area contributed by atoms with Gasteiger partial charge in [0.1, 0.15) is 22.8 Å². The van der Waals surface area contributed by atoms with Gasteiger partial charge < -0.3 is 24.5 Å². The number of benzene rings is 2. The minimum Gasteiger partial charge on any atom is -0.455 e. The van der Waals surface area contributed by atoms with E-state index in [1.807, 2.05) is 10.8 Å². The van der Waals surface area contributed by atoms with E-state index in [9.17, 15) is 23.3 Å². The molecule has 2 aromatic heterocycles. The Morgan fingerprint density at radius 1 is 1.19 bits per heavy atom. The summed E-state index contributed by atoms with van der Waals surface area (Å²) in [4.78, 5) is 33.4. The van der Waals surface area contributed by atoms with Gasteiger partial charge in [-0.3, -0.25) is 19.8 Å². The molecule has 3 N–H and O–H groups in total. The van der Waals surface area contributed by atoms with Crippen molar-refractivity contribution in [3.05, 3.63) is 82.7 Å². The summed E-state index contributed by atoms with van der Waals surface area (Å²) in [5.74, 6) is -0.518. The number of nitrogens with one attached hydrogen (secondary N) is 3. The highest BCUT2D eigenvalue weighted by molar-refractivity contribution is 7.90. The molecule has 2 fully saturated rings. The lowest BCUT2D eigenvalue weighted by Crippen LogP contribution is -2.56. The molecule has 6 rings (SSSR count). The maximum Gasteiger partial charge on any atom is 0.293 e. The molecule has 1 atom stereocenters. The molecule has 43 heavy (non-hydrogen) atoms. The van der Waals surface area contributed by atoms with Gasteiger partial charge in [0.2, 0.25) is 0 Å². The summed E-state index contributed by atoms with van der Waals surface area (Å²) in [6, 6.07) is 13.4. The Morgan fingerprint density at radius 2 is 2.02 bits per heavy atom. The van der Waals surface area contributed by atoms with Crippen LogP contribution in [-0.2, 0) is 19.5 Å². The van der Waals surface area contributed by atoms with Crippen molar-refractivity contribution in [2.24, 2.45) is 0 Å². The Balaban J connectivity index is 1.15. The normalized spacial score (nSPS) is 17.7. The van der Waals surface area contributed by atoms with E-state index in [4.69, 9.17) is 14.2 Å². The zero-order chi connectivity index (χ0) is 30.0. The van der Waals surface area contributed by atoms with Gasteiger partial charge in [0, 0.05) is 37.3 Å². The van der Waals surface area contributed by atoms with E-state index in [0.29, 0.717) is 43.8 Å². The quantitative estimate of drug-likeness (QED) is 0.178. The Labute approximate surface area is 246 Å². The first-order valence-electron chi connectivity index (χ1n) is 13.5. The molecule has 0 saturated carbocycles. The number of amides is 1. The minimum atomic E-state index is -4.49. The van der Waals surface area contributed by atoms with E-state index in [-0.39, 0.29) is 29.6 Å². The number of para-hydroxylation sites is 1. The molecule has 0 spiro atoms. The Kier molecular flexibility index (Phi) is 7.94. The number of fused-ring (bicyclic) bond motifs is 1. The first kappa shape index (κ1) is 28.5. The Hall–Kier alpha value is -4.57. The second-order valence-electron chi connectivity index (χ2n) is 10.1. The van der Waals surface area contributed by atoms with Crippen molar-refractivity contribution in [3.8, 4) is 11.5 Å². The number of aromatic nitrogens is 2. The number of anilines is 1. The largest absolute Gasteiger partial charge is 0.455 e. The van der Waals surface area contributed by atoms with Gasteiger partial charge in [-0.15, -0.1) is 0 Å². The van der Waals surface area contributed by atoms with Crippen molar-refractivity contribution >= 4 is 38.3 Å². The van der Waals surface area contributed by atoms with Crippen molar-refractivity contribution in [1.82, 2.24) is 19.6 Å². The highest BCUT2D eigenvalue weighted by Gasteiger charge is 2.31. The van der Waals surface area contributed by atoms with Crippen LogP contribution in [0.4, 0.5) is 11.4 Å². The van der Waals surface area contributed by atoms with Crippen LogP contribution in [0.1, 0.15) is 10.4 Å². The second kappa shape index (κ2) is 12.0. The number of carbonyl (C=O) groups is 1. The molecular weight excluding hydrogens is 580 g/mol. The number of pyridine rings is 1. The summed E-state index contributed by atoms with van der Waals surface area (Å²) in [6.07, 6.45) is 2.99. The smallest absolute Gasteiger partial charge is 0.293 e. The number of nitro groups is 1. The van der Waals surface area contributed by atoms with E-state index < -0.39 is 31.4 Å². The molecule has 2 aliphatic heterocycles. The lowest BCUT2D eigenvalue weighted by Gasteiger charge is -2.42. The third-order valence-electron chi connectivity index (χ3n) is 7.27. The first-order chi connectivity index (χ1) is 20.8. The predicted molar refractivity (Wildman–Crippen MR) is 155 cm³/mol. The number of hydrogen-bond donors (Lipinski definition) is 3. The molecule has 2 saturated heterocycles. The number of carbonyl (C=O) groups excluding carboxylic acids is 1. The molecule has 1 amide bonds. The molecule has 0 aliphatic carbocycles. The molecule has 2 aromatic carbocycles. The zero-order valence-electron chi connectivity index (χ0n) is 22.8. The molecule has 15 heteroatoms. The van der Waals surface area contributed by atoms with Gasteiger partial charge in [0.05, 0.1) is 53.5 Å². The number of sulfonamides is 1. The molecule has 224 valence electrons. The van der Waals surface area contributed by atoms with Crippen molar-refractivity contribution in [1.29, 1.82) is 0 Å². The van der Waals surface area contributed by atoms with E-state index in [2.05, 4.69) is 20.2 Å². The van der Waals surface area contributed by atoms with Gasteiger partial charge in [-0.2, -0.15) is 0 Å². The van der Waals surface area contributed by atoms with Crippen LogP contribution < -0.4 is 14.8 Å². The Bertz CT molecular complexity index is 1770. The number of hydrogen-bond acceptors (Lipinski definition) is 11. The summed E-state index contributed by atoms with van der Waals surface area (Å²) in [5.41, 5.74) is 0.290. The topological polar surface area (TPSA) is 178 Å². The van der Waals surface area contributed by atoms with Crippen LogP contribution in [0, 0.1) is 10.1 Å². The fourth-order valence-corrected chi connectivity index (χ4v) is 5.90. The van der Waals surface area contributed by atoms with Gasteiger partial charge in [-0.25, -0.2) is 18.1 Å². The minimum absolute atomic E-state index is 0.0528. The van der Waals surface area contributed by atoms with Crippen LogP contribution in [0.5, 0.6) is 11.5 Å². The van der Waals surface area contributed by atoms with Crippen LogP contribution in [0.2, 0.25) is 0 Å². The van der Waals surface area contributed by atoms with Crippen LogP contribution >= 0.6 is 0 Å². The molecular formula is C28H28N6O8S. The van der Waals surface area contributed by atoms with Gasteiger partial charge in [-0.1, -0.05) is 12.1 Å². The number of nitrogens with zero attached hydrogens (tertiary/aromatic N) is 3. The lowest BCUT2D eigenvalue weighted by atomic mass is 10.1. The summed E-state index contributed by atoms with van der Waals surface area (Å²) >= 11 is 0. The molecule has 0 unspecified atom stereocenters. The molecule has 0 bridgehead atoms. The highest BCUT2D eigenvalue weighted by atomic mass is 32.2. The van der Waals surface area contributed by atoms with E-state index in [1.165, 1.54) is 30.5 Å². The number of morpholine rings is 1. The van der Waals surface area contributed by atoms with Crippen LogP contribution in [0.25, 0.3) is 11.0 Å². The van der Waals surface area contributed by atoms with E-state index in [1.54, 1.807) is 24.4 Å². The van der Waals surface area contributed by atoms with Crippen LogP contribution in [0.3, 0.4) is 0 Å². The van der Waals surface area contributed by atoms with Gasteiger partial charge >= 0.3 is 0 Å². The number of nitro benzene ring substituents is 1.